The second-order valence-electron chi connectivity index (χ2n) is 5.06. The molecule has 1 aliphatic rings. The number of aryl methyl sites for hydroxylation is 1. The topological polar surface area (TPSA) is 69.6 Å². The summed E-state index contributed by atoms with van der Waals surface area (Å²) in [5.74, 6) is 0.101. The molecule has 1 amide bonds. The first-order valence-corrected chi connectivity index (χ1v) is 6.32. The Bertz CT molecular complexity index is 445. The van der Waals surface area contributed by atoms with Gasteiger partial charge in [0.25, 0.3) is 5.91 Å². The number of aliphatic hydroxyl groups excluding tert-OH is 1. The van der Waals surface area contributed by atoms with Gasteiger partial charge in [-0.3, -0.25) is 4.79 Å². The van der Waals surface area contributed by atoms with Crippen LogP contribution in [0.5, 0.6) is 5.75 Å². The Labute approximate surface area is 107 Å². The van der Waals surface area contributed by atoms with Crippen LogP contribution in [0.15, 0.2) is 18.2 Å². The van der Waals surface area contributed by atoms with Gasteiger partial charge in [0.15, 0.2) is 0 Å². The lowest BCUT2D eigenvalue weighted by atomic mass is 10.1. The number of rotatable bonds is 3. The van der Waals surface area contributed by atoms with Crippen molar-refractivity contribution < 1.29 is 15.0 Å². The number of aliphatic hydroxyl groups is 1. The molecule has 1 saturated carbocycles. The van der Waals surface area contributed by atoms with Crippen LogP contribution in [0.1, 0.15) is 35.2 Å². The molecule has 1 aromatic carbocycles. The van der Waals surface area contributed by atoms with E-state index in [1.54, 1.807) is 18.2 Å². The molecular formula is C14H19NO3. The van der Waals surface area contributed by atoms with Gasteiger partial charge in [0, 0.05) is 6.54 Å². The molecule has 4 nitrogen and oxygen atoms in total. The molecule has 0 saturated heterocycles. The van der Waals surface area contributed by atoms with Gasteiger partial charge in [-0.1, -0.05) is 6.07 Å². The number of hydrogen-bond donors (Lipinski definition) is 3. The predicted octanol–water partition coefficient (Wildman–Crippen LogP) is 1.59. The maximum absolute atomic E-state index is 11.9. The lowest BCUT2D eigenvalue weighted by Crippen LogP contribution is -2.28. The van der Waals surface area contributed by atoms with E-state index in [1.807, 2.05) is 6.92 Å². The van der Waals surface area contributed by atoms with E-state index in [4.69, 9.17) is 0 Å². The first kappa shape index (κ1) is 12.9. The van der Waals surface area contributed by atoms with E-state index < -0.39 is 0 Å². The fraction of sp³-hybridized carbons (Fsp3) is 0.500. The fourth-order valence-corrected chi connectivity index (χ4v) is 2.40. The van der Waals surface area contributed by atoms with E-state index in [0.717, 1.165) is 24.8 Å². The van der Waals surface area contributed by atoms with E-state index in [-0.39, 0.29) is 17.8 Å². The smallest absolute Gasteiger partial charge is 0.255 e. The summed E-state index contributed by atoms with van der Waals surface area (Å²) in [6.45, 7) is 2.42. The van der Waals surface area contributed by atoms with Gasteiger partial charge >= 0.3 is 0 Å². The number of benzene rings is 1. The average molecular weight is 249 g/mol. The molecule has 2 atom stereocenters. The molecule has 4 heteroatoms. The fourth-order valence-electron chi connectivity index (χ4n) is 2.40. The zero-order valence-corrected chi connectivity index (χ0v) is 10.5. The third-order valence-electron chi connectivity index (χ3n) is 3.46. The van der Waals surface area contributed by atoms with Crippen molar-refractivity contribution in [2.24, 2.45) is 5.92 Å². The zero-order valence-electron chi connectivity index (χ0n) is 10.5. The lowest BCUT2D eigenvalue weighted by Gasteiger charge is -2.11. The Balaban J connectivity index is 1.91. The second kappa shape index (κ2) is 5.40. The molecule has 0 radical (unpaired) electrons. The van der Waals surface area contributed by atoms with Crippen LogP contribution in [0.25, 0.3) is 0 Å². The van der Waals surface area contributed by atoms with Gasteiger partial charge in [-0.25, -0.2) is 0 Å². The number of nitrogens with one attached hydrogen (secondary N) is 1. The zero-order chi connectivity index (χ0) is 13.1. The molecule has 1 aliphatic carbocycles. The van der Waals surface area contributed by atoms with E-state index in [2.05, 4.69) is 5.32 Å². The number of carbonyl (C=O) groups is 1. The summed E-state index contributed by atoms with van der Waals surface area (Å²) in [4.78, 5) is 11.9. The van der Waals surface area contributed by atoms with Crippen molar-refractivity contribution in [3.05, 3.63) is 29.3 Å². The minimum absolute atomic E-state index is 0.0129. The average Bonchev–Trinajstić information content (AvgIpc) is 2.72. The van der Waals surface area contributed by atoms with E-state index >= 15 is 0 Å². The Kier molecular flexibility index (Phi) is 3.87. The van der Waals surface area contributed by atoms with Gasteiger partial charge in [0.2, 0.25) is 0 Å². The predicted molar refractivity (Wildman–Crippen MR) is 68.5 cm³/mol. The van der Waals surface area contributed by atoms with Crippen LogP contribution < -0.4 is 5.32 Å². The van der Waals surface area contributed by atoms with Gasteiger partial charge in [-0.2, -0.15) is 0 Å². The lowest BCUT2D eigenvalue weighted by molar-refractivity contribution is 0.0942. The maximum Gasteiger partial charge on any atom is 0.255 e. The molecule has 3 N–H and O–H groups in total. The van der Waals surface area contributed by atoms with Gasteiger partial charge in [-0.15, -0.1) is 0 Å². The number of phenols is 1. The highest BCUT2D eigenvalue weighted by molar-refractivity contribution is 5.96. The second-order valence-corrected chi connectivity index (χ2v) is 5.06. The number of amides is 1. The molecular weight excluding hydrogens is 230 g/mol. The quantitative estimate of drug-likeness (QED) is 0.762. The Morgan fingerprint density at radius 1 is 1.44 bits per heavy atom. The van der Waals surface area contributed by atoms with E-state index in [1.165, 1.54) is 0 Å². The Hall–Kier alpha value is -1.55. The van der Waals surface area contributed by atoms with Crippen molar-refractivity contribution in [1.29, 1.82) is 0 Å². The molecule has 0 aromatic heterocycles. The summed E-state index contributed by atoms with van der Waals surface area (Å²) >= 11 is 0. The summed E-state index contributed by atoms with van der Waals surface area (Å²) in [6, 6.07) is 5.01. The summed E-state index contributed by atoms with van der Waals surface area (Å²) < 4.78 is 0. The summed E-state index contributed by atoms with van der Waals surface area (Å²) in [5.41, 5.74) is 1.22. The highest BCUT2D eigenvalue weighted by Gasteiger charge is 2.23. The molecule has 1 fully saturated rings. The maximum atomic E-state index is 11.9. The molecule has 18 heavy (non-hydrogen) atoms. The number of phenolic OH excluding ortho intramolecular Hbond substituents is 1. The third-order valence-corrected chi connectivity index (χ3v) is 3.46. The molecule has 0 aliphatic heterocycles. The third kappa shape index (κ3) is 3.01. The van der Waals surface area contributed by atoms with Crippen LogP contribution in [0.3, 0.4) is 0 Å². The molecule has 2 rings (SSSR count). The highest BCUT2D eigenvalue weighted by atomic mass is 16.3. The van der Waals surface area contributed by atoms with Crippen molar-refractivity contribution >= 4 is 5.91 Å². The van der Waals surface area contributed by atoms with Gasteiger partial charge in [0.05, 0.1) is 11.7 Å². The van der Waals surface area contributed by atoms with Gasteiger partial charge in [0.1, 0.15) is 5.75 Å². The van der Waals surface area contributed by atoms with Crippen molar-refractivity contribution in [3.63, 3.8) is 0 Å². The van der Waals surface area contributed by atoms with Crippen LogP contribution in [0, 0.1) is 12.8 Å². The first-order chi connectivity index (χ1) is 8.56. The van der Waals surface area contributed by atoms with Crippen LogP contribution >= 0.6 is 0 Å². The molecule has 98 valence electrons. The van der Waals surface area contributed by atoms with Crippen molar-refractivity contribution in [2.45, 2.75) is 32.3 Å². The summed E-state index contributed by atoms with van der Waals surface area (Å²) in [7, 11) is 0. The monoisotopic (exact) mass is 249 g/mol. The van der Waals surface area contributed by atoms with Crippen molar-refractivity contribution in [1.82, 2.24) is 5.32 Å². The minimum atomic E-state index is -0.256. The van der Waals surface area contributed by atoms with Crippen LogP contribution in [-0.2, 0) is 0 Å². The van der Waals surface area contributed by atoms with Gasteiger partial charge < -0.3 is 15.5 Å². The van der Waals surface area contributed by atoms with E-state index in [9.17, 15) is 15.0 Å². The summed E-state index contributed by atoms with van der Waals surface area (Å²) in [6.07, 6.45) is 2.29. The molecule has 2 unspecified atom stereocenters. The number of aromatic hydroxyl groups is 1. The molecule has 0 bridgehead atoms. The standard InChI is InChI=1S/C14H19NO3/c1-9-2-5-12(13(17)6-9)14(18)15-8-10-3-4-11(16)7-10/h2,5-6,10-11,16-17H,3-4,7-8H2,1H3,(H,15,18). The number of hydrogen-bond acceptors (Lipinski definition) is 3. The van der Waals surface area contributed by atoms with Crippen LogP contribution in [-0.4, -0.2) is 28.8 Å². The normalized spacial score (nSPS) is 23.0. The van der Waals surface area contributed by atoms with Crippen molar-refractivity contribution in [3.8, 4) is 5.75 Å². The van der Waals surface area contributed by atoms with Gasteiger partial charge in [-0.05, 0) is 49.8 Å². The highest BCUT2D eigenvalue weighted by Crippen LogP contribution is 2.25. The van der Waals surface area contributed by atoms with E-state index in [0.29, 0.717) is 18.0 Å². The first-order valence-electron chi connectivity index (χ1n) is 6.32. The van der Waals surface area contributed by atoms with Crippen LogP contribution in [0.4, 0.5) is 0 Å². The number of carbonyl (C=O) groups excluding carboxylic acids is 1. The molecule has 0 heterocycles. The molecule has 1 aromatic rings. The largest absolute Gasteiger partial charge is 0.507 e. The Morgan fingerprint density at radius 3 is 2.83 bits per heavy atom. The molecule has 0 spiro atoms. The van der Waals surface area contributed by atoms with Crippen molar-refractivity contribution in [2.75, 3.05) is 6.54 Å². The Morgan fingerprint density at radius 2 is 2.22 bits per heavy atom. The minimum Gasteiger partial charge on any atom is -0.507 e. The van der Waals surface area contributed by atoms with Crippen LogP contribution in [0.2, 0.25) is 0 Å². The summed E-state index contributed by atoms with van der Waals surface area (Å²) in [5, 5.41) is 21.9. The SMILES string of the molecule is Cc1ccc(C(=O)NCC2CCC(O)C2)c(O)c1.